The van der Waals surface area contributed by atoms with Crippen LogP contribution in [0.5, 0.6) is 0 Å². The smallest absolute Gasteiger partial charge is 0.309 e. The molecule has 1 aliphatic carbocycles. The number of carbonyl (C=O) groups is 1. The lowest BCUT2D eigenvalue weighted by molar-refractivity contribution is -0.147. The van der Waals surface area contributed by atoms with Crippen molar-refractivity contribution in [1.82, 2.24) is 14.9 Å². The third kappa shape index (κ3) is 3.57. The number of likely N-dealkylation sites (tertiary alicyclic amines) is 1. The van der Waals surface area contributed by atoms with Crippen LogP contribution in [0.4, 0.5) is 5.69 Å². The Hall–Kier alpha value is -3.29. The first-order valence-electron chi connectivity index (χ1n) is 11.2. The maximum atomic E-state index is 11.0. The summed E-state index contributed by atoms with van der Waals surface area (Å²) in [6.07, 6.45) is 2.25. The summed E-state index contributed by atoms with van der Waals surface area (Å²) >= 11 is 1.58. The zero-order chi connectivity index (χ0) is 22.6. The van der Waals surface area contributed by atoms with Crippen LogP contribution < -0.4 is 5.73 Å². The van der Waals surface area contributed by atoms with Crippen molar-refractivity contribution < 1.29 is 9.90 Å². The van der Waals surface area contributed by atoms with Crippen LogP contribution in [0.1, 0.15) is 29.7 Å². The predicted molar refractivity (Wildman–Crippen MR) is 130 cm³/mol. The van der Waals surface area contributed by atoms with Crippen LogP contribution in [0.2, 0.25) is 0 Å². The zero-order valence-electron chi connectivity index (χ0n) is 18.1. The molecule has 1 saturated carbocycles. The number of carboxylic acid groups (broad SMARTS) is 1. The number of hydrogen-bond donors (Lipinski definition) is 2. The number of anilines is 1. The predicted octanol–water partition coefficient (Wildman–Crippen LogP) is 4.54. The summed E-state index contributed by atoms with van der Waals surface area (Å²) in [6.45, 7) is 1.89. The Morgan fingerprint density at radius 2 is 1.88 bits per heavy atom. The minimum atomic E-state index is -0.718. The number of nitrogen functional groups attached to an aromatic ring is 1. The highest BCUT2D eigenvalue weighted by Crippen LogP contribution is 2.53. The number of benzene rings is 2. The largest absolute Gasteiger partial charge is 0.481 e. The number of nitrogens with zero attached hydrogens (tertiary/aromatic N) is 3. The molecule has 2 aromatic carbocycles. The summed E-state index contributed by atoms with van der Waals surface area (Å²) in [7, 11) is 0. The number of hydrogen-bond acceptors (Lipinski definition) is 6. The van der Waals surface area contributed by atoms with Crippen LogP contribution in [0.25, 0.3) is 20.9 Å². The first kappa shape index (κ1) is 20.3. The molecule has 0 atom stereocenters. The van der Waals surface area contributed by atoms with Crippen LogP contribution in [-0.4, -0.2) is 39.0 Å². The van der Waals surface area contributed by atoms with Gasteiger partial charge in [0, 0.05) is 36.3 Å². The van der Waals surface area contributed by atoms with Gasteiger partial charge in [-0.25, -0.2) is 9.97 Å². The lowest BCUT2D eigenvalue weighted by Crippen LogP contribution is -2.49. The number of aliphatic carboxylic acids is 1. The van der Waals surface area contributed by atoms with E-state index in [1.54, 1.807) is 11.3 Å². The number of pyridine rings is 1. The maximum Gasteiger partial charge on any atom is 0.309 e. The summed E-state index contributed by atoms with van der Waals surface area (Å²) in [5.41, 5.74) is 12.5. The number of rotatable bonds is 6. The molecule has 4 aromatic rings. The fraction of sp³-hybridized carbons (Fsp3) is 0.269. The van der Waals surface area contributed by atoms with Crippen molar-refractivity contribution in [3.63, 3.8) is 0 Å². The molecule has 1 saturated heterocycles. The van der Waals surface area contributed by atoms with E-state index in [4.69, 9.17) is 20.8 Å². The summed E-state index contributed by atoms with van der Waals surface area (Å²) in [6, 6.07) is 20.9. The van der Waals surface area contributed by atoms with Gasteiger partial charge in [0.25, 0.3) is 0 Å². The molecule has 0 bridgehead atoms. The molecule has 6 rings (SSSR count). The maximum absolute atomic E-state index is 11.0. The molecule has 6 nitrogen and oxygen atoms in total. The number of fused-ring (bicyclic) bond motifs is 1. The van der Waals surface area contributed by atoms with Crippen LogP contribution in [0.3, 0.4) is 0 Å². The third-order valence-electron chi connectivity index (χ3n) is 6.88. The van der Waals surface area contributed by atoms with Gasteiger partial charge in [0.15, 0.2) is 0 Å². The van der Waals surface area contributed by atoms with Gasteiger partial charge >= 0.3 is 5.97 Å². The molecule has 2 aliphatic rings. The van der Waals surface area contributed by atoms with Gasteiger partial charge in [0.1, 0.15) is 15.4 Å². The summed E-state index contributed by atoms with van der Waals surface area (Å²) in [5, 5.41) is 9.92. The van der Waals surface area contributed by atoms with E-state index in [0.717, 1.165) is 45.0 Å². The van der Waals surface area contributed by atoms with Crippen LogP contribution in [0.15, 0.2) is 60.7 Å². The number of carboxylic acids is 1. The second-order valence-corrected chi connectivity index (χ2v) is 10.1. The molecule has 0 unspecified atom stereocenters. The highest BCUT2D eigenvalue weighted by Gasteiger charge is 2.47. The van der Waals surface area contributed by atoms with Crippen molar-refractivity contribution in [3.8, 4) is 10.6 Å². The lowest BCUT2D eigenvalue weighted by atomic mass is 9.92. The van der Waals surface area contributed by atoms with Gasteiger partial charge in [0.2, 0.25) is 0 Å². The molecule has 0 amide bonds. The van der Waals surface area contributed by atoms with Crippen LogP contribution >= 0.6 is 11.3 Å². The Labute approximate surface area is 195 Å². The first-order valence-corrected chi connectivity index (χ1v) is 12.0. The zero-order valence-corrected chi connectivity index (χ0v) is 18.9. The minimum absolute atomic E-state index is 0.0385. The van der Waals surface area contributed by atoms with Crippen LogP contribution in [0, 0.1) is 5.92 Å². The number of nitrogens with two attached hydrogens (primary N) is 1. The van der Waals surface area contributed by atoms with E-state index in [-0.39, 0.29) is 11.3 Å². The average molecular weight is 457 g/mol. The molecule has 7 heteroatoms. The first-order chi connectivity index (χ1) is 16.0. The molecule has 2 fully saturated rings. The summed E-state index contributed by atoms with van der Waals surface area (Å²) in [5.74, 6) is -0.969. The molecule has 0 spiro atoms. The SMILES string of the molecule is Nc1cc(CN2CC(C(=O)O)C2)ccc1-c1nc2ccc(C3(c4ccccc4)CC3)nc2s1. The summed E-state index contributed by atoms with van der Waals surface area (Å²) < 4.78 is 0. The van der Waals surface area contributed by atoms with Crippen LogP contribution in [-0.2, 0) is 16.8 Å². The van der Waals surface area contributed by atoms with Crippen molar-refractivity contribution in [1.29, 1.82) is 0 Å². The Kier molecular flexibility index (Phi) is 4.71. The van der Waals surface area contributed by atoms with Crippen molar-refractivity contribution in [2.24, 2.45) is 5.92 Å². The van der Waals surface area contributed by atoms with Gasteiger partial charge < -0.3 is 10.8 Å². The van der Waals surface area contributed by atoms with E-state index in [0.29, 0.717) is 25.3 Å². The Morgan fingerprint density at radius 3 is 2.58 bits per heavy atom. The van der Waals surface area contributed by atoms with Gasteiger partial charge in [-0.3, -0.25) is 9.69 Å². The van der Waals surface area contributed by atoms with E-state index in [2.05, 4.69) is 53.4 Å². The highest BCUT2D eigenvalue weighted by molar-refractivity contribution is 7.21. The quantitative estimate of drug-likeness (QED) is 0.414. The van der Waals surface area contributed by atoms with E-state index in [1.165, 1.54) is 5.56 Å². The molecule has 166 valence electrons. The van der Waals surface area contributed by atoms with E-state index >= 15 is 0 Å². The Balaban J connectivity index is 1.25. The van der Waals surface area contributed by atoms with E-state index in [9.17, 15) is 4.79 Å². The topological polar surface area (TPSA) is 92.3 Å². The lowest BCUT2D eigenvalue weighted by Gasteiger charge is -2.36. The van der Waals surface area contributed by atoms with Gasteiger partial charge in [-0.05, 0) is 48.2 Å². The molecular weight excluding hydrogens is 432 g/mol. The Morgan fingerprint density at radius 1 is 1.09 bits per heavy atom. The minimum Gasteiger partial charge on any atom is -0.481 e. The summed E-state index contributed by atoms with van der Waals surface area (Å²) in [4.78, 5) is 23.9. The molecule has 2 aromatic heterocycles. The fourth-order valence-electron chi connectivity index (χ4n) is 4.79. The molecule has 33 heavy (non-hydrogen) atoms. The molecule has 0 radical (unpaired) electrons. The standard InChI is InChI=1S/C26H24N4O2S/c27-20-12-16(13-30-14-17(15-30)25(31)32)6-7-19(20)23-28-21-8-9-22(29-24(21)33-23)26(10-11-26)18-4-2-1-3-5-18/h1-9,12,17H,10-11,13-15,27H2,(H,31,32). The fourth-order valence-corrected chi connectivity index (χ4v) is 5.78. The molecule has 3 N–H and O–H groups in total. The normalized spacial score (nSPS) is 17.7. The van der Waals surface area contributed by atoms with Gasteiger partial charge in [0.05, 0.1) is 11.6 Å². The van der Waals surface area contributed by atoms with Gasteiger partial charge in [-0.1, -0.05) is 47.7 Å². The van der Waals surface area contributed by atoms with E-state index < -0.39 is 5.97 Å². The number of aromatic nitrogens is 2. The Bertz CT molecular complexity index is 1360. The van der Waals surface area contributed by atoms with Crippen molar-refractivity contribution in [3.05, 3.63) is 77.5 Å². The molecular formula is C26H24N4O2S. The third-order valence-corrected chi connectivity index (χ3v) is 7.88. The number of thiazole rings is 1. The van der Waals surface area contributed by atoms with Gasteiger partial charge in [-0.15, -0.1) is 0 Å². The molecule has 1 aliphatic heterocycles. The molecule has 3 heterocycles. The van der Waals surface area contributed by atoms with Crippen molar-refractivity contribution >= 4 is 33.3 Å². The van der Waals surface area contributed by atoms with Crippen molar-refractivity contribution in [2.75, 3.05) is 18.8 Å². The monoisotopic (exact) mass is 456 g/mol. The van der Waals surface area contributed by atoms with Crippen molar-refractivity contribution in [2.45, 2.75) is 24.8 Å². The van der Waals surface area contributed by atoms with E-state index in [1.807, 2.05) is 12.1 Å². The second kappa shape index (κ2) is 7.64. The highest BCUT2D eigenvalue weighted by atomic mass is 32.1. The average Bonchev–Trinajstić information content (AvgIpc) is 3.49. The van der Waals surface area contributed by atoms with Gasteiger partial charge in [-0.2, -0.15) is 0 Å². The second-order valence-electron chi connectivity index (χ2n) is 9.14.